The highest BCUT2D eigenvalue weighted by Gasteiger charge is 2.19. The molecule has 0 saturated carbocycles. The zero-order valence-corrected chi connectivity index (χ0v) is 11.8. The second-order valence-electron chi connectivity index (χ2n) is 3.85. The van der Waals surface area contributed by atoms with Crippen LogP contribution in [-0.2, 0) is 19.4 Å². The molecule has 0 aliphatic rings. The lowest BCUT2D eigenvalue weighted by Crippen LogP contribution is -2.21. The van der Waals surface area contributed by atoms with Gasteiger partial charge in [0, 0.05) is 10.6 Å². The van der Waals surface area contributed by atoms with E-state index in [2.05, 4.69) is 4.74 Å². The summed E-state index contributed by atoms with van der Waals surface area (Å²) in [5, 5.41) is 0.359. The van der Waals surface area contributed by atoms with Crippen molar-refractivity contribution in [1.29, 1.82) is 0 Å². The summed E-state index contributed by atoms with van der Waals surface area (Å²) in [5.41, 5.74) is 0.231. The van der Waals surface area contributed by atoms with Crippen LogP contribution in [0.15, 0.2) is 24.3 Å². The van der Waals surface area contributed by atoms with Gasteiger partial charge in [0.15, 0.2) is 15.6 Å². The number of sulfone groups is 1. The molecule has 1 rings (SSSR count). The Balaban J connectivity index is 2.68. The lowest BCUT2D eigenvalue weighted by Gasteiger charge is -2.04. The first-order valence-corrected chi connectivity index (χ1v) is 7.60. The molecule has 0 radical (unpaired) electrons. The van der Waals surface area contributed by atoms with Crippen LogP contribution in [0.2, 0.25) is 5.02 Å². The van der Waals surface area contributed by atoms with Gasteiger partial charge < -0.3 is 4.74 Å². The van der Waals surface area contributed by atoms with Crippen molar-refractivity contribution in [2.45, 2.75) is 6.42 Å². The molecule has 0 aliphatic carbocycles. The molecule has 0 fully saturated rings. The summed E-state index contributed by atoms with van der Waals surface area (Å²) in [7, 11) is -2.47. The molecule has 7 heteroatoms. The number of benzene rings is 1. The van der Waals surface area contributed by atoms with Gasteiger partial charge in [0.2, 0.25) is 0 Å². The van der Waals surface area contributed by atoms with Crippen LogP contribution in [0.25, 0.3) is 0 Å². The topological polar surface area (TPSA) is 77.5 Å². The number of rotatable bonds is 6. The van der Waals surface area contributed by atoms with Crippen LogP contribution in [0.4, 0.5) is 0 Å². The highest BCUT2D eigenvalue weighted by atomic mass is 35.5. The number of hydrogen-bond acceptors (Lipinski definition) is 5. The number of methoxy groups -OCH3 is 1. The summed E-state index contributed by atoms with van der Waals surface area (Å²) in [5.74, 6) is -2.23. The summed E-state index contributed by atoms with van der Waals surface area (Å²) in [6.45, 7) is 0. The van der Waals surface area contributed by atoms with Crippen molar-refractivity contribution in [3.8, 4) is 0 Å². The predicted molar refractivity (Wildman–Crippen MR) is 71.1 cm³/mol. The second-order valence-corrected chi connectivity index (χ2v) is 6.47. The average Bonchev–Trinajstić information content (AvgIpc) is 2.35. The summed E-state index contributed by atoms with van der Waals surface area (Å²) >= 11 is 5.72. The zero-order valence-electron chi connectivity index (χ0n) is 10.3. The second kappa shape index (κ2) is 6.68. The fourth-order valence-electron chi connectivity index (χ4n) is 1.36. The lowest BCUT2D eigenvalue weighted by molar-refractivity contribution is -0.140. The van der Waals surface area contributed by atoms with Crippen LogP contribution < -0.4 is 0 Å². The molecule has 104 valence electrons. The van der Waals surface area contributed by atoms with Gasteiger partial charge in [-0.2, -0.15) is 0 Å². The highest BCUT2D eigenvalue weighted by molar-refractivity contribution is 7.92. The van der Waals surface area contributed by atoms with E-state index in [0.29, 0.717) is 5.02 Å². The van der Waals surface area contributed by atoms with Gasteiger partial charge in [-0.25, -0.2) is 8.42 Å². The third-order valence-corrected chi connectivity index (χ3v) is 4.11. The van der Waals surface area contributed by atoms with E-state index in [1.54, 1.807) is 12.1 Å². The minimum atomic E-state index is -3.64. The molecular weight excluding hydrogens is 292 g/mol. The van der Waals surface area contributed by atoms with Gasteiger partial charge in [0.25, 0.3) is 0 Å². The molecule has 0 saturated heterocycles. The standard InChI is InChI=1S/C12H13ClO5S/c1-18-12(15)5-6-19(16,17)8-11(14)9-3-2-4-10(13)7-9/h2-4,7H,5-6,8H2,1H3. The Morgan fingerprint density at radius 3 is 2.58 bits per heavy atom. The first-order chi connectivity index (χ1) is 8.84. The van der Waals surface area contributed by atoms with Crippen LogP contribution >= 0.6 is 11.6 Å². The SMILES string of the molecule is COC(=O)CCS(=O)(=O)CC(=O)c1cccc(Cl)c1. The molecule has 0 heterocycles. The molecule has 0 amide bonds. The summed E-state index contributed by atoms with van der Waals surface area (Å²) < 4.78 is 27.7. The third-order valence-electron chi connectivity index (χ3n) is 2.34. The van der Waals surface area contributed by atoms with Gasteiger partial charge in [-0.15, -0.1) is 0 Å². The van der Waals surface area contributed by atoms with E-state index in [0.717, 1.165) is 0 Å². The third kappa shape index (κ3) is 5.40. The van der Waals surface area contributed by atoms with Crippen molar-refractivity contribution in [3.63, 3.8) is 0 Å². The Morgan fingerprint density at radius 2 is 2.00 bits per heavy atom. The Hall–Kier alpha value is -1.40. The molecule has 5 nitrogen and oxygen atoms in total. The van der Waals surface area contributed by atoms with Crippen molar-refractivity contribution in [2.75, 3.05) is 18.6 Å². The van der Waals surface area contributed by atoms with Gasteiger partial charge in [-0.3, -0.25) is 9.59 Å². The van der Waals surface area contributed by atoms with E-state index in [-0.39, 0.29) is 12.0 Å². The Kier molecular flexibility index (Phi) is 5.50. The van der Waals surface area contributed by atoms with Crippen molar-refractivity contribution in [1.82, 2.24) is 0 Å². The van der Waals surface area contributed by atoms with E-state index in [4.69, 9.17) is 11.6 Å². The van der Waals surface area contributed by atoms with Crippen LogP contribution in [0.5, 0.6) is 0 Å². The number of esters is 1. The monoisotopic (exact) mass is 304 g/mol. The minimum absolute atomic E-state index is 0.231. The molecule has 1 aromatic rings. The molecule has 0 bridgehead atoms. The molecule has 0 atom stereocenters. The van der Waals surface area contributed by atoms with E-state index in [1.165, 1.54) is 19.2 Å². The number of halogens is 1. The molecule has 0 unspecified atom stereocenters. The largest absolute Gasteiger partial charge is 0.469 e. The predicted octanol–water partition coefficient (Wildman–Crippen LogP) is 1.50. The Bertz CT molecular complexity index is 580. The maximum Gasteiger partial charge on any atom is 0.306 e. The maximum atomic E-state index is 11.8. The maximum absolute atomic E-state index is 11.8. The summed E-state index contributed by atoms with van der Waals surface area (Å²) in [6, 6.07) is 6.05. The molecule has 1 aromatic carbocycles. The first-order valence-electron chi connectivity index (χ1n) is 5.40. The van der Waals surface area contributed by atoms with Crippen molar-refractivity contribution in [2.24, 2.45) is 0 Å². The normalized spacial score (nSPS) is 11.1. The van der Waals surface area contributed by atoms with Gasteiger partial charge in [0.1, 0.15) is 5.75 Å². The molecule has 19 heavy (non-hydrogen) atoms. The van der Waals surface area contributed by atoms with Crippen LogP contribution in [0.1, 0.15) is 16.8 Å². The first kappa shape index (κ1) is 15.7. The fourth-order valence-corrected chi connectivity index (χ4v) is 2.74. The summed E-state index contributed by atoms with van der Waals surface area (Å²) in [4.78, 5) is 22.6. The Labute approximate surface area is 116 Å². The molecule has 0 spiro atoms. The summed E-state index contributed by atoms with van der Waals surface area (Å²) in [6.07, 6.45) is -0.262. The minimum Gasteiger partial charge on any atom is -0.469 e. The highest BCUT2D eigenvalue weighted by Crippen LogP contribution is 2.12. The molecule has 0 N–H and O–H groups in total. The van der Waals surface area contributed by atoms with Crippen molar-refractivity contribution >= 4 is 33.2 Å². The lowest BCUT2D eigenvalue weighted by atomic mass is 10.1. The van der Waals surface area contributed by atoms with Crippen molar-refractivity contribution < 1.29 is 22.7 Å². The van der Waals surface area contributed by atoms with Gasteiger partial charge in [-0.1, -0.05) is 23.7 Å². The number of ketones is 1. The van der Waals surface area contributed by atoms with Gasteiger partial charge >= 0.3 is 5.97 Å². The molecule has 0 aliphatic heterocycles. The van der Waals surface area contributed by atoms with E-state index < -0.39 is 33.1 Å². The fraction of sp³-hybridized carbons (Fsp3) is 0.333. The number of carbonyl (C=O) groups is 2. The number of ether oxygens (including phenoxy) is 1. The zero-order chi connectivity index (χ0) is 14.5. The van der Waals surface area contributed by atoms with Crippen LogP contribution in [-0.4, -0.2) is 38.8 Å². The number of Topliss-reactive ketones (excluding diaryl/α,β-unsaturated/α-hetero) is 1. The molecule has 0 aromatic heterocycles. The van der Waals surface area contributed by atoms with E-state index in [9.17, 15) is 18.0 Å². The quantitative estimate of drug-likeness (QED) is 0.588. The molecular formula is C12H13ClO5S. The average molecular weight is 305 g/mol. The van der Waals surface area contributed by atoms with Gasteiger partial charge in [0.05, 0.1) is 19.3 Å². The number of carbonyl (C=O) groups excluding carboxylic acids is 2. The number of hydrogen-bond donors (Lipinski definition) is 0. The van der Waals surface area contributed by atoms with Crippen LogP contribution in [0, 0.1) is 0 Å². The smallest absolute Gasteiger partial charge is 0.306 e. The van der Waals surface area contributed by atoms with Crippen molar-refractivity contribution in [3.05, 3.63) is 34.9 Å². The Morgan fingerprint density at radius 1 is 1.32 bits per heavy atom. The van der Waals surface area contributed by atoms with Crippen LogP contribution in [0.3, 0.4) is 0 Å². The van der Waals surface area contributed by atoms with E-state index in [1.807, 2.05) is 0 Å². The van der Waals surface area contributed by atoms with Gasteiger partial charge in [-0.05, 0) is 12.1 Å². The van der Waals surface area contributed by atoms with E-state index >= 15 is 0 Å².